The molecule has 1 aliphatic rings. The monoisotopic (exact) mass is 283 g/mol. The summed E-state index contributed by atoms with van der Waals surface area (Å²) in [6.45, 7) is 0. The van der Waals surface area contributed by atoms with Crippen molar-refractivity contribution in [2.45, 2.75) is 19.3 Å². The zero-order chi connectivity index (χ0) is 13.9. The fraction of sp³-hybridized carbons (Fsp3) is 0.235. The molecule has 0 saturated heterocycles. The predicted molar refractivity (Wildman–Crippen MR) is 86.5 cm³/mol. The maximum Gasteiger partial charge on any atom is 0.269 e. The van der Waals surface area contributed by atoms with Crippen molar-refractivity contribution in [2.24, 2.45) is 0 Å². The second kappa shape index (κ2) is 5.63. The predicted octanol–water partition coefficient (Wildman–Crippen LogP) is 3.98. The number of anilines is 1. The van der Waals surface area contributed by atoms with Gasteiger partial charge in [-0.1, -0.05) is 24.3 Å². The third kappa shape index (κ3) is 2.68. The van der Waals surface area contributed by atoms with Crippen molar-refractivity contribution < 1.29 is 4.74 Å². The van der Waals surface area contributed by atoms with E-state index in [1.165, 1.54) is 24.0 Å². The van der Waals surface area contributed by atoms with Crippen LogP contribution in [0.2, 0.25) is 0 Å². The van der Waals surface area contributed by atoms with E-state index in [4.69, 9.17) is 17.0 Å². The quantitative estimate of drug-likeness (QED) is 0.774. The summed E-state index contributed by atoms with van der Waals surface area (Å²) in [7, 11) is 1.92. The molecule has 3 heteroatoms. The second-order valence-electron chi connectivity index (χ2n) is 5.05. The van der Waals surface area contributed by atoms with Gasteiger partial charge in [-0.15, -0.1) is 0 Å². The Morgan fingerprint density at radius 1 is 1.05 bits per heavy atom. The van der Waals surface area contributed by atoms with Gasteiger partial charge < -0.3 is 9.64 Å². The molecule has 0 aromatic heterocycles. The van der Waals surface area contributed by atoms with E-state index in [0.29, 0.717) is 5.17 Å². The van der Waals surface area contributed by atoms with Crippen molar-refractivity contribution in [1.82, 2.24) is 0 Å². The molecule has 1 aliphatic carbocycles. The molecule has 0 aliphatic heterocycles. The van der Waals surface area contributed by atoms with E-state index in [9.17, 15) is 0 Å². The first-order valence-electron chi connectivity index (χ1n) is 6.86. The number of thiocarbonyl (C=S) groups is 1. The molecule has 2 aromatic rings. The molecular weight excluding hydrogens is 266 g/mol. The average Bonchev–Trinajstić information content (AvgIpc) is 2.95. The molecular formula is C17H17NOS. The lowest BCUT2D eigenvalue weighted by Gasteiger charge is -2.20. The summed E-state index contributed by atoms with van der Waals surface area (Å²) in [5, 5.41) is 0.467. The maximum absolute atomic E-state index is 5.81. The van der Waals surface area contributed by atoms with Crippen LogP contribution < -0.4 is 9.64 Å². The van der Waals surface area contributed by atoms with E-state index in [2.05, 4.69) is 12.1 Å². The molecule has 0 N–H and O–H groups in total. The van der Waals surface area contributed by atoms with Crippen molar-refractivity contribution in [3.8, 4) is 5.75 Å². The number of para-hydroxylation sites is 1. The third-order valence-electron chi connectivity index (χ3n) is 3.69. The van der Waals surface area contributed by atoms with Crippen molar-refractivity contribution in [2.75, 3.05) is 11.9 Å². The average molecular weight is 283 g/mol. The highest BCUT2D eigenvalue weighted by Gasteiger charge is 2.13. The minimum Gasteiger partial charge on any atom is -0.432 e. The van der Waals surface area contributed by atoms with E-state index in [-0.39, 0.29) is 0 Å². The Labute approximate surface area is 125 Å². The van der Waals surface area contributed by atoms with E-state index in [1.54, 1.807) is 0 Å². The SMILES string of the molecule is CN(C(=S)Oc1ccc2c(c1)CCC2)c1ccccc1. The molecule has 0 saturated carbocycles. The summed E-state index contributed by atoms with van der Waals surface area (Å²) in [5.74, 6) is 0.832. The molecule has 2 nitrogen and oxygen atoms in total. The summed E-state index contributed by atoms with van der Waals surface area (Å²) in [4.78, 5) is 1.88. The Morgan fingerprint density at radius 2 is 1.80 bits per heavy atom. The molecule has 102 valence electrons. The van der Waals surface area contributed by atoms with E-state index < -0.39 is 0 Å². The standard InChI is InChI=1S/C17H17NOS/c1-18(15-8-3-2-4-9-15)17(20)19-16-11-10-13-6-5-7-14(13)12-16/h2-4,8-12H,5-7H2,1H3. The Balaban J connectivity index is 1.73. The highest BCUT2D eigenvalue weighted by atomic mass is 32.1. The van der Waals surface area contributed by atoms with Crippen molar-refractivity contribution in [1.29, 1.82) is 0 Å². The first-order chi connectivity index (χ1) is 9.74. The number of nitrogens with zero attached hydrogens (tertiary/aromatic N) is 1. The van der Waals surface area contributed by atoms with Crippen LogP contribution in [0.3, 0.4) is 0 Å². The molecule has 0 fully saturated rings. The molecule has 0 atom stereocenters. The number of aryl methyl sites for hydroxylation is 2. The van der Waals surface area contributed by atoms with Crippen LogP contribution in [-0.2, 0) is 12.8 Å². The van der Waals surface area contributed by atoms with Gasteiger partial charge >= 0.3 is 0 Å². The van der Waals surface area contributed by atoms with Crippen LogP contribution in [0.1, 0.15) is 17.5 Å². The molecule has 20 heavy (non-hydrogen) atoms. The van der Waals surface area contributed by atoms with Gasteiger partial charge in [0.1, 0.15) is 5.75 Å². The van der Waals surface area contributed by atoms with Crippen LogP contribution in [0.25, 0.3) is 0 Å². The topological polar surface area (TPSA) is 12.5 Å². The molecule has 0 bridgehead atoms. The highest BCUT2D eigenvalue weighted by molar-refractivity contribution is 7.80. The van der Waals surface area contributed by atoms with Gasteiger partial charge in [-0.2, -0.15) is 0 Å². The Hall–Kier alpha value is -1.87. The van der Waals surface area contributed by atoms with Gasteiger partial charge in [-0.05, 0) is 66.9 Å². The van der Waals surface area contributed by atoms with Crippen LogP contribution in [0.4, 0.5) is 5.69 Å². The van der Waals surface area contributed by atoms with Gasteiger partial charge in [-0.3, -0.25) is 0 Å². The molecule has 0 unspecified atom stereocenters. The zero-order valence-corrected chi connectivity index (χ0v) is 12.3. The Kier molecular flexibility index (Phi) is 3.70. The summed E-state index contributed by atoms with van der Waals surface area (Å²) >= 11 is 5.37. The van der Waals surface area contributed by atoms with Crippen LogP contribution in [0, 0.1) is 0 Å². The molecule has 0 heterocycles. The lowest BCUT2D eigenvalue weighted by molar-refractivity contribution is 0.551. The number of benzene rings is 2. The first-order valence-corrected chi connectivity index (χ1v) is 7.27. The molecule has 2 aromatic carbocycles. The highest BCUT2D eigenvalue weighted by Crippen LogP contribution is 2.26. The van der Waals surface area contributed by atoms with E-state index >= 15 is 0 Å². The van der Waals surface area contributed by atoms with Crippen molar-refractivity contribution in [3.63, 3.8) is 0 Å². The molecule has 0 radical (unpaired) electrons. The van der Waals surface area contributed by atoms with Gasteiger partial charge in [0.25, 0.3) is 5.17 Å². The number of hydrogen-bond donors (Lipinski definition) is 0. The van der Waals surface area contributed by atoms with Crippen molar-refractivity contribution >= 4 is 23.1 Å². The van der Waals surface area contributed by atoms with E-state index in [1.807, 2.05) is 48.3 Å². The molecule has 0 spiro atoms. The minimum atomic E-state index is 0.467. The second-order valence-corrected chi connectivity index (χ2v) is 5.40. The van der Waals surface area contributed by atoms with Crippen LogP contribution >= 0.6 is 12.2 Å². The van der Waals surface area contributed by atoms with Gasteiger partial charge in [0.2, 0.25) is 0 Å². The fourth-order valence-corrected chi connectivity index (χ4v) is 2.74. The number of rotatable bonds is 2. The van der Waals surface area contributed by atoms with Crippen LogP contribution in [0.5, 0.6) is 5.75 Å². The summed E-state index contributed by atoms with van der Waals surface area (Å²) in [5.41, 5.74) is 3.87. The van der Waals surface area contributed by atoms with Crippen LogP contribution in [0.15, 0.2) is 48.5 Å². The van der Waals surface area contributed by atoms with Gasteiger partial charge in [-0.25, -0.2) is 0 Å². The molecule has 3 rings (SSSR count). The lowest BCUT2D eigenvalue weighted by atomic mass is 10.1. The zero-order valence-electron chi connectivity index (χ0n) is 11.5. The Bertz CT molecular complexity index is 624. The summed E-state index contributed by atoms with van der Waals surface area (Å²) in [6, 6.07) is 16.3. The van der Waals surface area contributed by atoms with Crippen LogP contribution in [-0.4, -0.2) is 12.2 Å². The van der Waals surface area contributed by atoms with Gasteiger partial charge in [0.15, 0.2) is 0 Å². The maximum atomic E-state index is 5.81. The largest absolute Gasteiger partial charge is 0.432 e. The van der Waals surface area contributed by atoms with Crippen molar-refractivity contribution in [3.05, 3.63) is 59.7 Å². The number of ether oxygens (including phenoxy) is 1. The fourth-order valence-electron chi connectivity index (χ4n) is 2.54. The number of hydrogen-bond acceptors (Lipinski definition) is 2. The first kappa shape index (κ1) is 13.1. The normalized spacial score (nSPS) is 12.8. The van der Waals surface area contributed by atoms with Gasteiger partial charge in [0.05, 0.1) is 0 Å². The third-order valence-corrected chi connectivity index (χ3v) is 4.05. The minimum absolute atomic E-state index is 0.467. The Morgan fingerprint density at radius 3 is 2.60 bits per heavy atom. The van der Waals surface area contributed by atoms with E-state index in [0.717, 1.165) is 17.9 Å². The smallest absolute Gasteiger partial charge is 0.269 e. The number of fused-ring (bicyclic) bond motifs is 1. The lowest BCUT2D eigenvalue weighted by Crippen LogP contribution is -2.29. The summed E-state index contributed by atoms with van der Waals surface area (Å²) < 4.78 is 5.81. The molecule has 0 amide bonds. The van der Waals surface area contributed by atoms with Gasteiger partial charge in [0, 0.05) is 12.7 Å². The summed E-state index contributed by atoms with van der Waals surface area (Å²) in [6.07, 6.45) is 3.57.